The van der Waals surface area contributed by atoms with E-state index in [1.165, 1.54) is 0 Å². The number of Topliss-reactive ketones (excluding diaryl/α,β-unsaturated/α-hetero) is 1. The number of hydrogen-bond acceptors (Lipinski definition) is 5. The van der Waals surface area contributed by atoms with E-state index in [4.69, 9.17) is 4.52 Å². The highest BCUT2D eigenvalue weighted by Gasteiger charge is 2.24. The van der Waals surface area contributed by atoms with Gasteiger partial charge < -0.3 is 4.52 Å². The first-order chi connectivity index (χ1) is 9.33. The van der Waals surface area contributed by atoms with Crippen LogP contribution < -0.4 is 0 Å². The number of rotatable bonds is 3. The van der Waals surface area contributed by atoms with Crippen molar-refractivity contribution in [2.24, 2.45) is 5.92 Å². The third-order valence-electron chi connectivity index (χ3n) is 3.46. The van der Waals surface area contributed by atoms with Crippen LogP contribution in [0.2, 0.25) is 0 Å². The third-order valence-corrected chi connectivity index (χ3v) is 3.46. The van der Waals surface area contributed by atoms with Crippen molar-refractivity contribution >= 4 is 5.78 Å². The zero-order valence-corrected chi connectivity index (χ0v) is 10.6. The molecule has 0 saturated heterocycles. The minimum absolute atomic E-state index is 0.0470. The summed E-state index contributed by atoms with van der Waals surface area (Å²) in [6.45, 7) is 0. The van der Waals surface area contributed by atoms with Gasteiger partial charge in [-0.3, -0.25) is 9.78 Å². The standard InChI is InChI=1S/C14H15N3O2/c18-12-7-2-1-5-10(12)9-13-16-14(17-19-13)11-6-3-4-8-15-11/h3-4,6,8,10H,1-2,5,7,9H2. The molecule has 0 aromatic carbocycles. The lowest BCUT2D eigenvalue weighted by Crippen LogP contribution is -2.21. The fourth-order valence-electron chi connectivity index (χ4n) is 2.42. The summed E-state index contributed by atoms with van der Waals surface area (Å²) in [7, 11) is 0. The molecule has 98 valence electrons. The Balaban J connectivity index is 1.73. The van der Waals surface area contributed by atoms with Gasteiger partial charge in [0.2, 0.25) is 11.7 Å². The maximum Gasteiger partial charge on any atom is 0.227 e. The van der Waals surface area contributed by atoms with Gasteiger partial charge >= 0.3 is 0 Å². The van der Waals surface area contributed by atoms with Crippen LogP contribution >= 0.6 is 0 Å². The molecule has 1 aliphatic carbocycles. The molecule has 1 aliphatic rings. The van der Waals surface area contributed by atoms with Crippen molar-refractivity contribution in [3.8, 4) is 11.5 Å². The number of pyridine rings is 1. The van der Waals surface area contributed by atoms with E-state index in [0.717, 1.165) is 19.3 Å². The highest BCUT2D eigenvalue weighted by Crippen LogP contribution is 2.24. The molecule has 0 bridgehead atoms. The van der Waals surface area contributed by atoms with Crippen LogP contribution in [-0.2, 0) is 11.2 Å². The van der Waals surface area contributed by atoms with Gasteiger partial charge in [-0.25, -0.2) is 0 Å². The van der Waals surface area contributed by atoms with Crippen LogP contribution in [0.3, 0.4) is 0 Å². The predicted molar refractivity (Wildman–Crippen MR) is 68.2 cm³/mol. The lowest BCUT2D eigenvalue weighted by Gasteiger charge is -2.18. The lowest BCUT2D eigenvalue weighted by molar-refractivity contribution is -0.124. The Bertz CT molecular complexity index is 565. The fraction of sp³-hybridized carbons (Fsp3) is 0.429. The van der Waals surface area contributed by atoms with E-state index in [1.54, 1.807) is 6.20 Å². The monoisotopic (exact) mass is 257 g/mol. The van der Waals surface area contributed by atoms with Crippen molar-refractivity contribution in [1.82, 2.24) is 15.1 Å². The number of aromatic nitrogens is 3. The highest BCUT2D eigenvalue weighted by atomic mass is 16.5. The van der Waals surface area contributed by atoms with E-state index in [2.05, 4.69) is 15.1 Å². The van der Waals surface area contributed by atoms with E-state index in [9.17, 15) is 4.79 Å². The first-order valence-corrected chi connectivity index (χ1v) is 6.59. The van der Waals surface area contributed by atoms with Crippen LogP contribution in [0.5, 0.6) is 0 Å². The van der Waals surface area contributed by atoms with Gasteiger partial charge in [0.25, 0.3) is 0 Å². The summed E-state index contributed by atoms with van der Waals surface area (Å²) in [6, 6.07) is 5.55. The molecule has 1 saturated carbocycles. The molecule has 0 amide bonds. The summed E-state index contributed by atoms with van der Waals surface area (Å²) in [6.07, 6.45) is 5.98. The fourth-order valence-corrected chi connectivity index (χ4v) is 2.42. The van der Waals surface area contributed by atoms with Gasteiger partial charge in [0.1, 0.15) is 11.5 Å². The number of carbonyl (C=O) groups is 1. The van der Waals surface area contributed by atoms with Crippen molar-refractivity contribution in [2.75, 3.05) is 0 Å². The maximum atomic E-state index is 11.8. The average molecular weight is 257 g/mol. The number of carbonyl (C=O) groups excluding carboxylic acids is 1. The molecule has 1 fully saturated rings. The SMILES string of the molecule is O=C1CCCCC1Cc1nc(-c2ccccn2)no1. The molecule has 2 heterocycles. The Morgan fingerprint density at radius 2 is 2.26 bits per heavy atom. The Morgan fingerprint density at radius 1 is 1.32 bits per heavy atom. The quantitative estimate of drug-likeness (QED) is 0.844. The summed E-state index contributed by atoms with van der Waals surface area (Å²) in [4.78, 5) is 20.3. The summed E-state index contributed by atoms with van der Waals surface area (Å²) in [5.74, 6) is 1.38. The van der Waals surface area contributed by atoms with Gasteiger partial charge in [-0.1, -0.05) is 17.6 Å². The van der Waals surface area contributed by atoms with Crippen LogP contribution in [0, 0.1) is 5.92 Å². The van der Waals surface area contributed by atoms with Crippen molar-refractivity contribution < 1.29 is 9.32 Å². The van der Waals surface area contributed by atoms with Crippen LogP contribution in [0.15, 0.2) is 28.9 Å². The minimum atomic E-state index is 0.0470. The lowest BCUT2D eigenvalue weighted by atomic mass is 9.86. The molecule has 2 aromatic heterocycles. The molecule has 1 atom stereocenters. The van der Waals surface area contributed by atoms with E-state index >= 15 is 0 Å². The molecule has 5 heteroatoms. The highest BCUT2D eigenvalue weighted by molar-refractivity contribution is 5.81. The Labute approximate surface area is 111 Å². The average Bonchev–Trinajstić information content (AvgIpc) is 2.91. The third kappa shape index (κ3) is 2.70. The number of ketones is 1. The van der Waals surface area contributed by atoms with E-state index in [1.807, 2.05) is 18.2 Å². The molecular formula is C14H15N3O2. The van der Waals surface area contributed by atoms with Crippen molar-refractivity contribution in [1.29, 1.82) is 0 Å². The maximum absolute atomic E-state index is 11.8. The number of hydrogen-bond donors (Lipinski definition) is 0. The molecule has 2 aromatic rings. The predicted octanol–water partition coefficient (Wildman–Crippen LogP) is 2.43. The molecule has 1 unspecified atom stereocenters. The Kier molecular flexibility index (Phi) is 3.35. The Morgan fingerprint density at radius 3 is 3.05 bits per heavy atom. The van der Waals surface area contributed by atoms with Crippen LogP contribution in [-0.4, -0.2) is 20.9 Å². The first-order valence-electron chi connectivity index (χ1n) is 6.59. The summed E-state index contributed by atoms with van der Waals surface area (Å²) < 4.78 is 5.22. The molecule has 5 nitrogen and oxygen atoms in total. The van der Waals surface area contributed by atoms with Crippen molar-refractivity contribution in [3.05, 3.63) is 30.3 Å². The van der Waals surface area contributed by atoms with Gasteiger partial charge in [-0.2, -0.15) is 4.98 Å². The van der Waals surface area contributed by atoms with Crippen molar-refractivity contribution in [3.63, 3.8) is 0 Å². The van der Waals surface area contributed by atoms with Gasteiger partial charge in [0.05, 0.1) is 0 Å². The smallest absolute Gasteiger partial charge is 0.227 e. The normalized spacial score (nSPS) is 19.6. The zero-order chi connectivity index (χ0) is 13.1. The van der Waals surface area contributed by atoms with Crippen molar-refractivity contribution in [2.45, 2.75) is 32.1 Å². The largest absolute Gasteiger partial charge is 0.339 e. The second-order valence-corrected chi connectivity index (χ2v) is 4.84. The molecule has 0 radical (unpaired) electrons. The van der Waals surface area contributed by atoms with Gasteiger partial charge in [0.15, 0.2) is 0 Å². The number of nitrogens with zero attached hydrogens (tertiary/aromatic N) is 3. The second-order valence-electron chi connectivity index (χ2n) is 4.84. The van der Waals surface area contributed by atoms with Gasteiger partial charge in [-0.05, 0) is 25.0 Å². The second kappa shape index (κ2) is 5.30. The topological polar surface area (TPSA) is 68.9 Å². The summed E-state index contributed by atoms with van der Waals surface area (Å²) in [5, 5.41) is 3.92. The molecule has 3 rings (SSSR count). The van der Waals surface area contributed by atoms with Gasteiger partial charge in [-0.15, -0.1) is 0 Å². The molecule has 19 heavy (non-hydrogen) atoms. The molecule has 0 N–H and O–H groups in total. The molecule has 0 aliphatic heterocycles. The Hall–Kier alpha value is -2.04. The zero-order valence-electron chi connectivity index (χ0n) is 10.6. The van der Waals surface area contributed by atoms with E-state index < -0.39 is 0 Å². The van der Waals surface area contributed by atoms with Crippen LogP contribution in [0.25, 0.3) is 11.5 Å². The minimum Gasteiger partial charge on any atom is -0.339 e. The van der Waals surface area contributed by atoms with E-state index in [-0.39, 0.29) is 5.92 Å². The van der Waals surface area contributed by atoms with Gasteiger partial charge in [0, 0.05) is 25.0 Å². The summed E-state index contributed by atoms with van der Waals surface area (Å²) >= 11 is 0. The van der Waals surface area contributed by atoms with Crippen LogP contribution in [0.1, 0.15) is 31.6 Å². The first kappa shape index (κ1) is 12.0. The molecular weight excluding hydrogens is 242 g/mol. The summed E-state index contributed by atoms with van der Waals surface area (Å²) in [5.41, 5.74) is 0.687. The van der Waals surface area contributed by atoms with E-state index in [0.29, 0.717) is 36.0 Å². The van der Waals surface area contributed by atoms with Crippen LogP contribution in [0.4, 0.5) is 0 Å². The molecule has 0 spiro atoms.